The third-order valence-electron chi connectivity index (χ3n) is 2.04. The summed E-state index contributed by atoms with van der Waals surface area (Å²) < 4.78 is 11.1. The van der Waals surface area contributed by atoms with Gasteiger partial charge in [-0.05, 0) is 28.1 Å². The molecular weight excluding hydrogens is 306 g/mol. The van der Waals surface area contributed by atoms with E-state index in [2.05, 4.69) is 31.4 Å². The van der Waals surface area contributed by atoms with Crippen LogP contribution in [0, 0.1) is 0 Å². The molecule has 0 bridgehead atoms. The van der Waals surface area contributed by atoms with E-state index in [0.717, 1.165) is 9.60 Å². The summed E-state index contributed by atoms with van der Waals surface area (Å²) in [4.78, 5) is 0. The molecule has 0 saturated carbocycles. The molecule has 0 spiro atoms. The van der Waals surface area contributed by atoms with Crippen molar-refractivity contribution in [1.29, 1.82) is 0 Å². The van der Waals surface area contributed by atoms with Gasteiger partial charge < -0.3 is 14.8 Å². The van der Waals surface area contributed by atoms with Crippen LogP contribution < -0.4 is 14.8 Å². The number of hydrogen-bond donors (Lipinski definition) is 1. The van der Waals surface area contributed by atoms with Crippen LogP contribution >= 0.6 is 27.3 Å². The van der Waals surface area contributed by atoms with Crippen molar-refractivity contribution in [2.45, 2.75) is 0 Å². The van der Waals surface area contributed by atoms with Gasteiger partial charge in [0.25, 0.3) is 0 Å². The van der Waals surface area contributed by atoms with Crippen molar-refractivity contribution < 1.29 is 9.47 Å². The average molecular weight is 316 g/mol. The van der Waals surface area contributed by atoms with E-state index in [1.54, 1.807) is 14.2 Å². The summed E-state index contributed by atoms with van der Waals surface area (Å²) in [5.74, 6) is 1.36. The molecule has 7 heteroatoms. The lowest BCUT2D eigenvalue weighted by molar-refractivity contribution is 0.355. The van der Waals surface area contributed by atoms with Crippen LogP contribution in [0.3, 0.4) is 0 Å². The van der Waals surface area contributed by atoms with E-state index in [9.17, 15) is 0 Å². The van der Waals surface area contributed by atoms with Crippen LogP contribution in [-0.2, 0) is 0 Å². The first-order valence-electron chi connectivity index (χ1n) is 4.71. The normalized spacial score (nSPS) is 10.1. The SMILES string of the molecule is COc1ccc(Nc2nnc(Br)s2)cc1OC. The lowest BCUT2D eigenvalue weighted by Crippen LogP contribution is -1.94. The molecule has 0 radical (unpaired) electrons. The lowest BCUT2D eigenvalue weighted by Gasteiger charge is -2.09. The van der Waals surface area contributed by atoms with E-state index < -0.39 is 0 Å². The Kier molecular flexibility index (Phi) is 3.80. The number of ether oxygens (including phenoxy) is 2. The second kappa shape index (κ2) is 5.33. The summed E-state index contributed by atoms with van der Waals surface area (Å²) in [6.45, 7) is 0. The molecule has 1 aromatic carbocycles. The van der Waals surface area contributed by atoms with Gasteiger partial charge in [-0.3, -0.25) is 0 Å². The zero-order valence-corrected chi connectivity index (χ0v) is 11.6. The van der Waals surface area contributed by atoms with Gasteiger partial charge in [0.2, 0.25) is 5.13 Å². The molecule has 0 unspecified atom stereocenters. The molecule has 0 aliphatic carbocycles. The van der Waals surface area contributed by atoms with Gasteiger partial charge >= 0.3 is 0 Å². The molecule has 0 saturated heterocycles. The summed E-state index contributed by atoms with van der Waals surface area (Å²) in [6.07, 6.45) is 0. The second-order valence-corrected chi connectivity index (χ2v) is 5.31. The van der Waals surface area contributed by atoms with Crippen LogP contribution in [-0.4, -0.2) is 24.4 Å². The van der Waals surface area contributed by atoms with Crippen LogP contribution in [0.15, 0.2) is 22.1 Å². The minimum atomic E-state index is 0.668. The first-order chi connectivity index (χ1) is 8.22. The zero-order chi connectivity index (χ0) is 12.3. The lowest BCUT2D eigenvalue weighted by atomic mass is 10.3. The molecule has 5 nitrogen and oxygen atoms in total. The van der Waals surface area contributed by atoms with Gasteiger partial charge in [-0.25, -0.2) is 0 Å². The first-order valence-corrected chi connectivity index (χ1v) is 6.32. The molecule has 17 heavy (non-hydrogen) atoms. The Labute approximate surface area is 111 Å². The monoisotopic (exact) mass is 315 g/mol. The maximum absolute atomic E-state index is 5.21. The number of halogens is 1. The van der Waals surface area contributed by atoms with E-state index in [1.165, 1.54) is 11.3 Å². The molecule has 0 atom stereocenters. The topological polar surface area (TPSA) is 56.3 Å². The number of nitrogens with one attached hydrogen (secondary N) is 1. The maximum Gasteiger partial charge on any atom is 0.210 e. The van der Waals surface area contributed by atoms with E-state index in [1.807, 2.05) is 18.2 Å². The second-order valence-electron chi connectivity index (χ2n) is 3.05. The van der Waals surface area contributed by atoms with Crippen LogP contribution in [0.25, 0.3) is 0 Å². The Bertz CT molecular complexity index is 518. The van der Waals surface area contributed by atoms with Crippen molar-refractivity contribution in [2.75, 3.05) is 19.5 Å². The number of benzene rings is 1. The Morgan fingerprint density at radius 1 is 1.18 bits per heavy atom. The van der Waals surface area contributed by atoms with Crippen molar-refractivity contribution in [3.8, 4) is 11.5 Å². The molecule has 0 amide bonds. The van der Waals surface area contributed by atoms with Gasteiger partial charge in [0.15, 0.2) is 15.4 Å². The number of nitrogens with zero attached hydrogens (tertiary/aromatic N) is 2. The number of rotatable bonds is 4. The van der Waals surface area contributed by atoms with Crippen molar-refractivity contribution in [3.63, 3.8) is 0 Å². The molecule has 0 aliphatic rings. The van der Waals surface area contributed by atoms with Crippen LogP contribution in [0.2, 0.25) is 0 Å². The number of hydrogen-bond acceptors (Lipinski definition) is 6. The van der Waals surface area contributed by atoms with Gasteiger partial charge in [-0.15, -0.1) is 10.2 Å². The molecule has 0 aliphatic heterocycles. The molecule has 1 aromatic heterocycles. The Morgan fingerprint density at radius 2 is 1.94 bits per heavy atom. The van der Waals surface area contributed by atoms with Crippen molar-refractivity contribution in [2.24, 2.45) is 0 Å². The summed E-state index contributed by atoms with van der Waals surface area (Å²) in [5.41, 5.74) is 0.867. The molecule has 1 N–H and O–H groups in total. The highest BCUT2D eigenvalue weighted by Gasteiger charge is 2.06. The van der Waals surface area contributed by atoms with Crippen LogP contribution in [0.4, 0.5) is 10.8 Å². The summed E-state index contributed by atoms with van der Waals surface area (Å²) >= 11 is 4.67. The third-order valence-corrected chi connectivity index (χ3v) is 3.31. The zero-order valence-electron chi connectivity index (χ0n) is 9.23. The quantitative estimate of drug-likeness (QED) is 0.939. The molecule has 90 valence electrons. The average Bonchev–Trinajstić information content (AvgIpc) is 2.74. The van der Waals surface area contributed by atoms with Crippen LogP contribution in [0.5, 0.6) is 11.5 Å². The third kappa shape index (κ3) is 2.86. The smallest absolute Gasteiger partial charge is 0.210 e. The summed E-state index contributed by atoms with van der Waals surface area (Å²) in [5, 5.41) is 11.6. The molecule has 2 aromatic rings. The van der Waals surface area contributed by atoms with Crippen molar-refractivity contribution in [1.82, 2.24) is 10.2 Å². The van der Waals surface area contributed by atoms with Crippen molar-refractivity contribution in [3.05, 3.63) is 22.1 Å². The maximum atomic E-state index is 5.21. The van der Waals surface area contributed by atoms with E-state index in [-0.39, 0.29) is 0 Å². The van der Waals surface area contributed by atoms with Gasteiger partial charge in [0, 0.05) is 11.8 Å². The van der Waals surface area contributed by atoms with Gasteiger partial charge in [0.05, 0.1) is 14.2 Å². The highest BCUT2D eigenvalue weighted by Crippen LogP contribution is 2.32. The Hall–Kier alpha value is -1.34. The van der Waals surface area contributed by atoms with Crippen LogP contribution in [0.1, 0.15) is 0 Å². The molecule has 1 heterocycles. The Balaban J connectivity index is 2.22. The van der Waals surface area contributed by atoms with E-state index in [4.69, 9.17) is 9.47 Å². The summed E-state index contributed by atoms with van der Waals surface area (Å²) in [7, 11) is 3.20. The summed E-state index contributed by atoms with van der Waals surface area (Å²) in [6, 6.07) is 5.56. The highest BCUT2D eigenvalue weighted by molar-refractivity contribution is 9.11. The predicted octanol–water partition coefficient (Wildman–Crippen LogP) is 3.06. The first kappa shape index (κ1) is 12.1. The van der Waals surface area contributed by atoms with E-state index in [0.29, 0.717) is 16.6 Å². The number of methoxy groups -OCH3 is 2. The standard InChI is InChI=1S/C10H10BrN3O2S/c1-15-7-4-3-6(5-8(7)16-2)12-10-14-13-9(11)17-10/h3-5H,1-2H3,(H,12,14). The minimum Gasteiger partial charge on any atom is -0.493 e. The predicted molar refractivity (Wildman–Crippen MR) is 70.4 cm³/mol. The van der Waals surface area contributed by atoms with Gasteiger partial charge in [-0.2, -0.15) is 0 Å². The molecule has 2 rings (SSSR count). The fourth-order valence-corrected chi connectivity index (χ4v) is 2.32. The van der Waals surface area contributed by atoms with Gasteiger partial charge in [0.1, 0.15) is 0 Å². The van der Waals surface area contributed by atoms with Gasteiger partial charge in [-0.1, -0.05) is 11.3 Å². The highest BCUT2D eigenvalue weighted by atomic mass is 79.9. The Morgan fingerprint density at radius 3 is 2.53 bits per heavy atom. The van der Waals surface area contributed by atoms with E-state index >= 15 is 0 Å². The molecule has 0 fully saturated rings. The largest absolute Gasteiger partial charge is 0.493 e. The minimum absolute atomic E-state index is 0.668. The fraction of sp³-hybridized carbons (Fsp3) is 0.200. The number of anilines is 2. The van der Waals surface area contributed by atoms with Crippen molar-refractivity contribution >= 4 is 38.1 Å². The fourth-order valence-electron chi connectivity index (χ4n) is 1.29. The molecular formula is C10H10BrN3O2S. The number of aromatic nitrogens is 2.